The zero-order valence-corrected chi connectivity index (χ0v) is 6.51. The SMILES string of the molecule is CC(O)Nc1ccc(F)cc1F. The lowest BCUT2D eigenvalue weighted by atomic mass is 10.3. The van der Waals surface area contributed by atoms with Gasteiger partial charge in [-0.05, 0) is 19.1 Å². The van der Waals surface area contributed by atoms with Crippen LogP contribution >= 0.6 is 0 Å². The molecule has 0 saturated heterocycles. The molecule has 0 aliphatic carbocycles. The average molecular weight is 173 g/mol. The maximum atomic E-state index is 12.8. The molecule has 1 aromatic carbocycles. The molecular formula is C8H9F2NO. The molecule has 0 aliphatic rings. The minimum absolute atomic E-state index is 0.0893. The van der Waals surface area contributed by atoms with Gasteiger partial charge in [0.15, 0.2) is 0 Å². The number of nitrogens with one attached hydrogen (secondary N) is 1. The summed E-state index contributed by atoms with van der Waals surface area (Å²) in [6, 6.07) is 3.11. The average Bonchev–Trinajstić information content (AvgIpc) is 1.94. The van der Waals surface area contributed by atoms with Crippen molar-refractivity contribution in [2.24, 2.45) is 0 Å². The largest absolute Gasteiger partial charge is 0.374 e. The van der Waals surface area contributed by atoms with Gasteiger partial charge in [-0.2, -0.15) is 0 Å². The lowest BCUT2D eigenvalue weighted by Gasteiger charge is -2.09. The zero-order chi connectivity index (χ0) is 9.14. The van der Waals surface area contributed by atoms with Crippen molar-refractivity contribution in [1.82, 2.24) is 0 Å². The summed E-state index contributed by atoms with van der Waals surface area (Å²) in [5.74, 6) is -1.35. The third-order valence-electron chi connectivity index (χ3n) is 1.30. The summed E-state index contributed by atoms with van der Waals surface area (Å²) in [5.41, 5.74) is 0.0893. The smallest absolute Gasteiger partial charge is 0.149 e. The molecule has 0 saturated carbocycles. The molecular weight excluding hydrogens is 164 g/mol. The number of rotatable bonds is 2. The first-order valence-corrected chi connectivity index (χ1v) is 3.49. The van der Waals surface area contributed by atoms with Gasteiger partial charge in [-0.1, -0.05) is 0 Å². The first-order chi connectivity index (χ1) is 5.59. The van der Waals surface area contributed by atoms with E-state index in [4.69, 9.17) is 5.11 Å². The minimum atomic E-state index is -0.857. The molecule has 0 aliphatic heterocycles. The van der Waals surface area contributed by atoms with Gasteiger partial charge >= 0.3 is 0 Å². The molecule has 0 radical (unpaired) electrons. The van der Waals surface area contributed by atoms with Gasteiger partial charge in [0.1, 0.15) is 17.9 Å². The van der Waals surface area contributed by atoms with Gasteiger partial charge in [0.25, 0.3) is 0 Å². The highest BCUT2D eigenvalue weighted by molar-refractivity contribution is 5.44. The molecule has 1 aromatic rings. The molecule has 0 spiro atoms. The zero-order valence-electron chi connectivity index (χ0n) is 6.51. The van der Waals surface area contributed by atoms with Crippen LogP contribution in [0.1, 0.15) is 6.92 Å². The Kier molecular flexibility index (Phi) is 2.60. The summed E-state index contributed by atoms with van der Waals surface area (Å²) in [6.45, 7) is 1.45. The summed E-state index contributed by atoms with van der Waals surface area (Å²) in [4.78, 5) is 0. The van der Waals surface area contributed by atoms with E-state index in [0.29, 0.717) is 0 Å². The van der Waals surface area contributed by atoms with E-state index >= 15 is 0 Å². The van der Waals surface area contributed by atoms with Crippen molar-refractivity contribution in [2.45, 2.75) is 13.2 Å². The first-order valence-electron chi connectivity index (χ1n) is 3.49. The van der Waals surface area contributed by atoms with E-state index in [0.717, 1.165) is 12.1 Å². The second kappa shape index (κ2) is 3.49. The Labute approximate surface area is 68.8 Å². The summed E-state index contributed by atoms with van der Waals surface area (Å²) in [6.07, 6.45) is -0.857. The number of aliphatic hydroxyl groups excluding tert-OH is 1. The molecule has 2 nitrogen and oxygen atoms in total. The van der Waals surface area contributed by atoms with Crippen LogP contribution in [-0.4, -0.2) is 11.3 Å². The van der Waals surface area contributed by atoms with Crippen LogP contribution in [0.2, 0.25) is 0 Å². The van der Waals surface area contributed by atoms with E-state index in [1.54, 1.807) is 0 Å². The van der Waals surface area contributed by atoms with Crippen LogP contribution in [0.4, 0.5) is 14.5 Å². The van der Waals surface area contributed by atoms with Crippen molar-refractivity contribution in [1.29, 1.82) is 0 Å². The molecule has 4 heteroatoms. The molecule has 1 rings (SSSR count). The van der Waals surface area contributed by atoms with Crippen molar-refractivity contribution in [3.8, 4) is 0 Å². The molecule has 0 fully saturated rings. The molecule has 2 N–H and O–H groups in total. The lowest BCUT2D eigenvalue weighted by Crippen LogP contribution is -2.14. The molecule has 66 valence electrons. The monoisotopic (exact) mass is 173 g/mol. The number of hydrogen-bond donors (Lipinski definition) is 2. The topological polar surface area (TPSA) is 32.3 Å². The highest BCUT2D eigenvalue weighted by Gasteiger charge is 2.04. The molecule has 1 atom stereocenters. The van der Waals surface area contributed by atoms with Crippen LogP contribution in [0.15, 0.2) is 18.2 Å². The quantitative estimate of drug-likeness (QED) is 0.667. The number of hydrogen-bond acceptors (Lipinski definition) is 2. The predicted octanol–water partition coefficient (Wildman–Crippen LogP) is 1.71. The molecule has 0 aromatic heterocycles. The van der Waals surface area contributed by atoms with Crippen molar-refractivity contribution in [2.75, 3.05) is 5.32 Å². The second-order valence-corrected chi connectivity index (χ2v) is 2.44. The third kappa shape index (κ3) is 2.17. The Morgan fingerprint density at radius 3 is 2.58 bits per heavy atom. The Morgan fingerprint density at radius 1 is 1.42 bits per heavy atom. The van der Waals surface area contributed by atoms with Gasteiger partial charge in [0.05, 0.1) is 5.69 Å². The van der Waals surface area contributed by atoms with Gasteiger partial charge in [-0.25, -0.2) is 8.78 Å². The first kappa shape index (κ1) is 8.93. The Hall–Kier alpha value is -1.16. The molecule has 0 amide bonds. The standard InChI is InChI=1S/C8H9F2NO/c1-5(12)11-8-3-2-6(9)4-7(8)10/h2-5,11-12H,1H3. The van der Waals surface area contributed by atoms with Crippen molar-refractivity contribution >= 4 is 5.69 Å². The maximum Gasteiger partial charge on any atom is 0.149 e. The fourth-order valence-electron chi connectivity index (χ4n) is 0.832. The van der Waals surface area contributed by atoms with Crippen molar-refractivity contribution < 1.29 is 13.9 Å². The van der Waals surface area contributed by atoms with Gasteiger partial charge in [-0.3, -0.25) is 0 Å². The molecule has 1 unspecified atom stereocenters. The summed E-state index contributed by atoms with van der Waals surface area (Å²) in [5, 5.41) is 11.2. The lowest BCUT2D eigenvalue weighted by molar-refractivity contribution is 0.224. The fourth-order valence-corrected chi connectivity index (χ4v) is 0.832. The Morgan fingerprint density at radius 2 is 2.08 bits per heavy atom. The second-order valence-electron chi connectivity index (χ2n) is 2.44. The molecule has 0 heterocycles. The molecule has 0 bridgehead atoms. The highest BCUT2D eigenvalue weighted by Crippen LogP contribution is 2.15. The van der Waals surface area contributed by atoms with E-state index in [1.807, 2.05) is 0 Å². The van der Waals surface area contributed by atoms with Crippen LogP contribution in [0.25, 0.3) is 0 Å². The van der Waals surface area contributed by atoms with Crippen LogP contribution in [-0.2, 0) is 0 Å². The normalized spacial score (nSPS) is 12.7. The van der Waals surface area contributed by atoms with Gasteiger partial charge < -0.3 is 10.4 Å². The highest BCUT2D eigenvalue weighted by atomic mass is 19.1. The van der Waals surface area contributed by atoms with Crippen LogP contribution in [0.3, 0.4) is 0 Å². The van der Waals surface area contributed by atoms with Gasteiger partial charge in [-0.15, -0.1) is 0 Å². The number of anilines is 1. The van der Waals surface area contributed by atoms with Crippen molar-refractivity contribution in [3.05, 3.63) is 29.8 Å². The maximum absolute atomic E-state index is 12.8. The van der Waals surface area contributed by atoms with E-state index in [2.05, 4.69) is 5.32 Å². The summed E-state index contributed by atoms with van der Waals surface area (Å²) < 4.78 is 25.2. The van der Waals surface area contributed by atoms with Crippen LogP contribution in [0, 0.1) is 11.6 Å². The van der Waals surface area contributed by atoms with E-state index in [1.165, 1.54) is 13.0 Å². The molecule has 12 heavy (non-hydrogen) atoms. The van der Waals surface area contributed by atoms with E-state index < -0.39 is 17.9 Å². The fraction of sp³-hybridized carbons (Fsp3) is 0.250. The van der Waals surface area contributed by atoms with Crippen LogP contribution < -0.4 is 5.32 Å². The number of aliphatic hydroxyl groups is 1. The van der Waals surface area contributed by atoms with Crippen molar-refractivity contribution in [3.63, 3.8) is 0 Å². The minimum Gasteiger partial charge on any atom is -0.374 e. The predicted molar refractivity (Wildman–Crippen MR) is 41.7 cm³/mol. The Bertz CT molecular complexity index is 276. The van der Waals surface area contributed by atoms with E-state index in [-0.39, 0.29) is 5.69 Å². The van der Waals surface area contributed by atoms with Gasteiger partial charge in [0, 0.05) is 6.07 Å². The van der Waals surface area contributed by atoms with Crippen LogP contribution in [0.5, 0.6) is 0 Å². The number of halogens is 2. The van der Waals surface area contributed by atoms with E-state index in [9.17, 15) is 8.78 Å². The summed E-state index contributed by atoms with van der Waals surface area (Å²) >= 11 is 0. The third-order valence-corrected chi connectivity index (χ3v) is 1.30. The number of benzene rings is 1. The van der Waals surface area contributed by atoms with Gasteiger partial charge in [0.2, 0.25) is 0 Å². The Balaban J connectivity index is 2.86. The summed E-state index contributed by atoms with van der Waals surface area (Å²) in [7, 11) is 0.